The first-order valence-corrected chi connectivity index (χ1v) is 10.1. The van der Waals surface area contributed by atoms with Crippen LogP contribution in [-0.4, -0.2) is 43.5 Å². The Morgan fingerprint density at radius 3 is 2.34 bits per heavy atom. The fourth-order valence-corrected chi connectivity index (χ4v) is 3.82. The van der Waals surface area contributed by atoms with Crippen LogP contribution in [0.2, 0.25) is 0 Å². The van der Waals surface area contributed by atoms with Gasteiger partial charge in [0, 0.05) is 44.0 Å². The Kier molecular flexibility index (Phi) is 5.96. The molecular formula is C24H27N3O2. The highest BCUT2D eigenvalue weighted by Gasteiger charge is 2.27. The van der Waals surface area contributed by atoms with Gasteiger partial charge in [-0.25, -0.2) is 0 Å². The lowest BCUT2D eigenvalue weighted by Crippen LogP contribution is -2.49. The molecule has 5 nitrogen and oxygen atoms in total. The molecule has 0 bridgehead atoms. The molecule has 5 heteroatoms. The van der Waals surface area contributed by atoms with E-state index in [1.807, 2.05) is 49.4 Å². The van der Waals surface area contributed by atoms with Gasteiger partial charge in [0.05, 0.1) is 12.3 Å². The molecule has 0 spiro atoms. The molecule has 29 heavy (non-hydrogen) atoms. The number of furan rings is 1. The molecule has 150 valence electrons. The van der Waals surface area contributed by atoms with Crippen LogP contribution in [0.15, 0.2) is 77.4 Å². The summed E-state index contributed by atoms with van der Waals surface area (Å²) in [5, 5.41) is 3.09. The Morgan fingerprint density at radius 2 is 1.69 bits per heavy atom. The second-order valence-electron chi connectivity index (χ2n) is 7.47. The number of carbonyl (C=O) groups excluding carboxylic acids is 1. The van der Waals surface area contributed by atoms with Crippen molar-refractivity contribution in [3.8, 4) is 0 Å². The predicted molar refractivity (Wildman–Crippen MR) is 115 cm³/mol. The van der Waals surface area contributed by atoms with Crippen LogP contribution in [0.4, 0.5) is 5.69 Å². The van der Waals surface area contributed by atoms with E-state index in [1.54, 1.807) is 6.26 Å². The molecule has 1 fully saturated rings. The van der Waals surface area contributed by atoms with E-state index >= 15 is 0 Å². The van der Waals surface area contributed by atoms with Gasteiger partial charge < -0.3 is 14.6 Å². The van der Waals surface area contributed by atoms with E-state index in [1.165, 1.54) is 5.69 Å². The lowest BCUT2D eigenvalue weighted by Gasteiger charge is -2.39. The van der Waals surface area contributed by atoms with Crippen molar-refractivity contribution in [2.45, 2.75) is 13.0 Å². The van der Waals surface area contributed by atoms with Crippen molar-refractivity contribution >= 4 is 11.6 Å². The van der Waals surface area contributed by atoms with Crippen LogP contribution in [0.1, 0.15) is 27.7 Å². The molecule has 1 saturated heterocycles. The average molecular weight is 389 g/mol. The third kappa shape index (κ3) is 4.69. The first-order valence-electron chi connectivity index (χ1n) is 10.1. The first-order chi connectivity index (χ1) is 14.2. The summed E-state index contributed by atoms with van der Waals surface area (Å²) in [6.07, 6.45) is 1.70. The van der Waals surface area contributed by atoms with Crippen molar-refractivity contribution in [1.82, 2.24) is 10.2 Å². The van der Waals surface area contributed by atoms with Gasteiger partial charge in [0.25, 0.3) is 5.91 Å². The van der Waals surface area contributed by atoms with Gasteiger partial charge in [-0.2, -0.15) is 0 Å². The number of piperazine rings is 1. The van der Waals surface area contributed by atoms with Gasteiger partial charge in [0.2, 0.25) is 0 Å². The number of anilines is 1. The van der Waals surface area contributed by atoms with Crippen molar-refractivity contribution in [3.05, 3.63) is 89.9 Å². The van der Waals surface area contributed by atoms with Gasteiger partial charge in [-0.15, -0.1) is 0 Å². The minimum absolute atomic E-state index is 0.0253. The first kappa shape index (κ1) is 19.3. The van der Waals surface area contributed by atoms with E-state index in [9.17, 15) is 4.79 Å². The summed E-state index contributed by atoms with van der Waals surface area (Å²) >= 11 is 0. The van der Waals surface area contributed by atoms with Crippen molar-refractivity contribution in [2.75, 3.05) is 37.6 Å². The summed E-state index contributed by atoms with van der Waals surface area (Å²) in [6.45, 7) is 6.27. The zero-order valence-electron chi connectivity index (χ0n) is 16.8. The normalized spacial score (nSPS) is 15.8. The summed E-state index contributed by atoms with van der Waals surface area (Å²) in [4.78, 5) is 17.4. The molecule has 1 aliphatic rings. The number of hydrogen-bond donors (Lipinski definition) is 1. The standard InChI is InChI=1S/C24H27N3O2/c1-19-9-11-20(12-10-19)24(28)25-18-22(23-8-5-17-29-23)27-15-13-26(14-16-27)21-6-3-2-4-7-21/h2-12,17,22H,13-16,18H2,1H3,(H,25,28)/t22-/m1/s1. The lowest BCUT2D eigenvalue weighted by molar-refractivity contribution is 0.0923. The van der Waals surface area contributed by atoms with Gasteiger partial charge in [-0.05, 0) is 43.3 Å². The number of hydrogen-bond acceptors (Lipinski definition) is 4. The zero-order chi connectivity index (χ0) is 20.1. The van der Waals surface area contributed by atoms with Gasteiger partial charge in [-0.3, -0.25) is 9.69 Å². The van der Waals surface area contributed by atoms with Crippen molar-refractivity contribution < 1.29 is 9.21 Å². The maximum atomic E-state index is 12.6. The van der Waals surface area contributed by atoms with E-state index in [2.05, 4.69) is 39.4 Å². The number of rotatable bonds is 6. The molecule has 1 aliphatic heterocycles. The van der Waals surface area contributed by atoms with Crippen molar-refractivity contribution in [2.24, 2.45) is 0 Å². The van der Waals surface area contributed by atoms with E-state index in [-0.39, 0.29) is 11.9 Å². The highest BCUT2D eigenvalue weighted by atomic mass is 16.3. The van der Waals surface area contributed by atoms with Gasteiger partial charge >= 0.3 is 0 Å². The summed E-state index contributed by atoms with van der Waals surface area (Å²) < 4.78 is 5.71. The smallest absolute Gasteiger partial charge is 0.251 e. The van der Waals surface area contributed by atoms with Gasteiger partial charge in [0.15, 0.2) is 0 Å². The molecule has 1 aromatic heterocycles. The van der Waals surface area contributed by atoms with Crippen molar-refractivity contribution in [1.29, 1.82) is 0 Å². The number of amides is 1. The Hall–Kier alpha value is -3.05. The molecule has 3 aromatic rings. The Balaban J connectivity index is 1.40. The average Bonchev–Trinajstić information content (AvgIpc) is 3.30. The number of benzene rings is 2. The number of carbonyl (C=O) groups is 1. The minimum atomic E-state index is -0.0514. The number of nitrogens with zero attached hydrogens (tertiary/aromatic N) is 2. The fraction of sp³-hybridized carbons (Fsp3) is 0.292. The second kappa shape index (κ2) is 8.97. The molecular weight excluding hydrogens is 362 g/mol. The van der Waals surface area contributed by atoms with Crippen LogP contribution < -0.4 is 10.2 Å². The highest BCUT2D eigenvalue weighted by molar-refractivity contribution is 5.94. The molecule has 4 rings (SSSR count). The largest absolute Gasteiger partial charge is 0.468 e. The maximum Gasteiger partial charge on any atom is 0.251 e. The Labute approximate surface area is 171 Å². The third-order valence-electron chi connectivity index (χ3n) is 5.52. The molecule has 0 radical (unpaired) electrons. The molecule has 1 N–H and O–H groups in total. The Morgan fingerprint density at radius 1 is 0.966 bits per heavy atom. The number of para-hydroxylation sites is 1. The predicted octanol–water partition coefficient (Wildman–Crippen LogP) is 3.88. The monoisotopic (exact) mass is 389 g/mol. The molecule has 1 amide bonds. The molecule has 0 aliphatic carbocycles. The third-order valence-corrected chi connectivity index (χ3v) is 5.52. The summed E-state index contributed by atoms with van der Waals surface area (Å²) in [7, 11) is 0. The molecule has 1 atom stereocenters. The molecule has 2 aromatic carbocycles. The van der Waals surface area contributed by atoms with Crippen LogP contribution in [-0.2, 0) is 0 Å². The summed E-state index contributed by atoms with van der Waals surface area (Å²) in [6, 6.07) is 22.1. The van der Waals surface area contributed by atoms with E-state index in [0.717, 1.165) is 37.5 Å². The lowest BCUT2D eigenvalue weighted by atomic mass is 10.1. The Bertz CT molecular complexity index is 899. The summed E-state index contributed by atoms with van der Waals surface area (Å²) in [5.74, 6) is 0.840. The van der Waals surface area contributed by atoms with Gasteiger partial charge in [0.1, 0.15) is 5.76 Å². The SMILES string of the molecule is Cc1ccc(C(=O)NC[C@H](c2ccco2)N2CCN(c3ccccc3)CC2)cc1. The van der Waals surface area contributed by atoms with E-state index in [0.29, 0.717) is 12.1 Å². The fourth-order valence-electron chi connectivity index (χ4n) is 3.82. The number of nitrogens with one attached hydrogen (secondary N) is 1. The van der Waals surface area contributed by atoms with E-state index in [4.69, 9.17) is 4.42 Å². The van der Waals surface area contributed by atoms with Crippen molar-refractivity contribution in [3.63, 3.8) is 0 Å². The quantitative estimate of drug-likeness (QED) is 0.695. The highest BCUT2D eigenvalue weighted by Crippen LogP contribution is 2.24. The minimum Gasteiger partial charge on any atom is -0.468 e. The van der Waals surface area contributed by atoms with Crippen LogP contribution in [0.25, 0.3) is 0 Å². The molecule has 0 saturated carbocycles. The van der Waals surface area contributed by atoms with Crippen LogP contribution in [0.5, 0.6) is 0 Å². The van der Waals surface area contributed by atoms with Crippen LogP contribution >= 0.6 is 0 Å². The zero-order valence-corrected chi connectivity index (χ0v) is 16.8. The number of aryl methyl sites for hydroxylation is 1. The summed E-state index contributed by atoms with van der Waals surface area (Å²) in [5.41, 5.74) is 3.09. The maximum absolute atomic E-state index is 12.6. The molecule has 2 heterocycles. The van der Waals surface area contributed by atoms with Gasteiger partial charge in [-0.1, -0.05) is 35.9 Å². The van der Waals surface area contributed by atoms with E-state index < -0.39 is 0 Å². The van der Waals surface area contributed by atoms with Crippen LogP contribution in [0.3, 0.4) is 0 Å². The topological polar surface area (TPSA) is 48.7 Å². The van der Waals surface area contributed by atoms with Crippen LogP contribution in [0, 0.1) is 6.92 Å². The second-order valence-corrected chi connectivity index (χ2v) is 7.47. The molecule has 0 unspecified atom stereocenters.